The van der Waals surface area contributed by atoms with Crippen LogP contribution in [0.15, 0.2) is 17.1 Å². The Morgan fingerprint density at radius 3 is 2.45 bits per heavy atom. The number of pyridine rings is 1. The maximum absolute atomic E-state index is 13.0. The van der Waals surface area contributed by atoms with Crippen LogP contribution < -0.4 is 16.6 Å². The Balaban J connectivity index is 2.28. The minimum atomic E-state index is -4.66. The molecule has 0 saturated heterocycles. The molecule has 4 nitrogen and oxygen atoms in total. The third-order valence-electron chi connectivity index (χ3n) is 3.68. The average Bonchev–Trinajstić information content (AvgIpc) is 2.35. The van der Waals surface area contributed by atoms with Crippen molar-refractivity contribution in [1.29, 1.82) is 0 Å². The van der Waals surface area contributed by atoms with Gasteiger partial charge in [-0.25, -0.2) is 0 Å². The van der Waals surface area contributed by atoms with Crippen LogP contribution in [0.3, 0.4) is 0 Å². The molecule has 20 heavy (non-hydrogen) atoms. The van der Waals surface area contributed by atoms with Crippen molar-refractivity contribution in [2.45, 2.75) is 43.9 Å². The summed E-state index contributed by atoms with van der Waals surface area (Å²) >= 11 is 0. The van der Waals surface area contributed by atoms with Crippen LogP contribution in [0.1, 0.15) is 31.2 Å². The van der Waals surface area contributed by atoms with Gasteiger partial charge in [0.15, 0.2) is 0 Å². The highest BCUT2D eigenvalue weighted by Gasteiger charge is 2.38. The molecule has 1 aliphatic rings. The molecule has 1 aliphatic carbocycles. The topological polar surface area (TPSA) is 60.1 Å². The number of anilines is 1. The molecule has 0 unspecified atom stereocenters. The van der Waals surface area contributed by atoms with Crippen molar-refractivity contribution in [3.8, 4) is 0 Å². The van der Waals surface area contributed by atoms with Crippen LogP contribution in [-0.2, 0) is 13.2 Å². The van der Waals surface area contributed by atoms with E-state index in [4.69, 9.17) is 5.73 Å². The summed E-state index contributed by atoms with van der Waals surface area (Å²) in [6.07, 6.45) is -0.326. The molecule has 0 aliphatic heterocycles. The molecule has 7 heteroatoms. The van der Waals surface area contributed by atoms with Crippen molar-refractivity contribution in [1.82, 2.24) is 4.57 Å². The zero-order valence-corrected chi connectivity index (χ0v) is 11.2. The van der Waals surface area contributed by atoms with Crippen molar-refractivity contribution in [2.24, 2.45) is 12.8 Å². The van der Waals surface area contributed by atoms with Gasteiger partial charge in [-0.1, -0.05) is 0 Å². The van der Waals surface area contributed by atoms with Gasteiger partial charge in [0, 0.05) is 25.3 Å². The first-order valence-corrected chi connectivity index (χ1v) is 6.58. The Labute approximate surface area is 114 Å². The summed E-state index contributed by atoms with van der Waals surface area (Å²) in [5.41, 5.74) is 3.47. The lowest BCUT2D eigenvalue weighted by Crippen LogP contribution is -2.35. The first-order valence-electron chi connectivity index (χ1n) is 6.58. The molecular weight excluding hydrogens is 271 g/mol. The lowest BCUT2D eigenvalue weighted by atomic mass is 9.91. The van der Waals surface area contributed by atoms with E-state index in [1.807, 2.05) is 0 Å². The van der Waals surface area contributed by atoms with E-state index in [0.717, 1.165) is 17.4 Å². The maximum atomic E-state index is 13.0. The van der Waals surface area contributed by atoms with Crippen LogP contribution in [0.2, 0.25) is 0 Å². The molecule has 1 aromatic rings. The van der Waals surface area contributed by atoms with Crippen LogP contribution in [-0.4, -0.2) is 16.7 Å². The molecule has 0 bridgehead atoms. The summed E-state index contributed by atoms with van der Waals surface area (Å²) in [5.74, 6) is 0. The van der Waals surface area contributed by atoms with Gasteiger partial charge >= 0.3 is 6.18 Å². The summed E-state index contributed by atoms with van der Waals surface area (Å²) < 4.78 is 40.0. The molecule has 0 aromatic carbocycles. The van der Waals surface area contributed by atoms with E-state index in [1.165, 1.54) is 19.3 Å². The van der Waals surface area contributed by atoms with Crippen LogP contribution in [0.25, 0.3) is 0 Å². The van der Waals surface area contributed by atoms with Gasteiger partial charge < -0.3 is 15.6 Å². The minimum absolute atomic E-state index is 0.0667. The third-order valence-corrected chi connectivity index (χ3v) is 3.68. The average molecular weight is 289 g/mol. The van der Waals surface area contributed by atoms with E-state index in [1.54, 1.807) is 0 Å². The second-order valence-electron chi connectivity index (χ2n) is 5.27. The largest absolute Gasteiger partial charge is 0.423 e. The van der Waals surface area contributed by atoms with Crippen LogP contribution in [0.5, 0.6) is 0 Å². The van der Waals surface area contributed by atoms with E-state index in [2.05, 4.69) is 5.32 Å². The zero-order valence-electron chi connectivity index (χ0n) is 11.2. The number of nitrogens with one attached hydrogen (secondary N) is 1. The minimum Gasteiger partial charge on any atom is -0.382 e. The Morgan fingerprint density at radius 2 is 1.90 bits per heavy atom. The highest BCUT2D eigenvalue weighted by Crippen LogP contribution is 2.33. The van der Waals surface area contributed by atoms with E-state index in [9.17, 15) is 18.0 Å². The van der Waals surface area contributed by atoms with Gasteiger partial charge in [-0.2, -0.15) is 13.2 Å². The fourth-order valence-electron chi connectivity index (χ4n) is 2.51. The Hall–Kier alpha value is -1.50. The number of nitrogens with zero attached hydrogens (tertiary/aromatic N) is 1. The Bertz CT molecular complexity index is 531. The van der Waals surface area contributed by atoms with Gasteiger partial charge in [-0.3, -0.25) is 4.79 Å². The molecule has 2 rings (SSSR count). The standard InChI is InChI=1S/C13H18F3N3O/c1-19-7-6-10(11(12(19)20)13(14,15)16)18-9-4-2-8(17)3-5-9/h6-9,18H,2-5,17H2,1H3. The summed E-state index contributed by atoms with van der Waals surface area (Å²) in [7, 11) is 1.31. The van der Waals surface area contributed by atoms with Crippen molar-refractivity contribution in [3.05, 3.63) is 28.2 Å². The van der Waals surface area contributed by atoms with E-state index in [-0.39, 0.29) is 17.8 Å². The number of hydrogen-bond donors (Lipinski definition) is 2. The molecule has 1 saturated carbocycles. The Morgan fingerprint density at radius 1 is 1.30 bits per heavy atom. The van der Waals surface area contributed by atoms with Crippen LogP contribution in [0, 0.1) is 0 Å². The van der Waals surface area contributed by atoms with Gasteiger partial charge in [-0.05, 0) is 31.7 Å². The summed E-state index contributed by atoms with van der Waals surface area (Å²) in [4.78, 5) is 11.7. The summed E-state index contributed by atoms with van der Waals surface area (Å²) in [6.45, 7) is 0. The number of nitrogens with two attached hydrogens (primary N) is 1. The lowest BCUT2D eigenvalue weighted by molar-refractivity contribution is -0.138. The highest BCUT2D eigenvalue weighted by atomic mass is 19.4. The van der Waals surface area contributed by atoms with E-state index in [0.29, 0.717) is 12.8 Å². The predicted octanol–water partition coefficient (Wildman–Crippen LogP) is 2.09. The van der Waals surface area contributed by atoms with Crippen molar-refractivity contribution >= 4 is 5.69 Å². The molecule has 0 atom stereocenters. The van der Waals surface area contributed by atoms with E-state index >= 15 is 0 Å². The van der Waals surface area contributed by atoms with Crippen LogP contribution >= 0.6 is 0 Å². The van der Waals surface area contributed by atoms with Gasteiger partial charge in [-0.15, -0.1) is 0 Å². The molecule has 112 valence electrons. The number of alkyl halides is 3. The maximum Gasteiger partial charge on any atom is 0.423 e. The van der Waals surface area contributed by atoms with Gasteiger partial charge in [0.25, 0.3) is 5.56 Å². The highest BCUT2D eigenvalue weighted by molar-refractivity contribution is 5.52. The number of hydrogen-bond acceptors (Lipinski definition) is 3. The van der Waals surface area contributed by atoms with E-state index < -0.39 is 17.3 Å². The van der Waals surface area contributed by atoms with Crippen LogP contribution in [0.4, 0.5) is 18.9 Å². The molecule has 0 amide bonds. The third kappa shape index (κ3) is 3.15. The Kier molecular flexibility index (Phi) is 4.08. The SMILES string of the molecule is Cn1ccc(NC2CCC(N)CC2)c(C(F)(F)F)c1=O. The molecule has 1 fully saturated rings. The van der Waals surface area contributed by atoms with Crippen molar-refractivity contribution in [3.63, 3.8) is 0 Å². The van der Waals surface area contributed by atoms with Crippen molar-refractivity contribution in [2.75, 3.05) is 5.32 Å². The summed E-state index contributed by atoms with van der Waals surface area (Å²) in [5, 5.41) is 2.86. The lowest BCUT2D eigenvalue weighted by Gasteiger charge is -2.28. The van der Waals surface area contributed by atoms with Gasteiger partial charge in [0.1, 0.15) is 5.56 Å². The molecule has 0 radical (unpaired) electrons. The first kappa shape index (κ1) is 14.9. The molecule has 3 N–H and O–H groups in total. The second kappa shape index (κ2) is 5.47. The quantitative estimate of drug-likeness (QED) is 0.876. The normalized spacial score (nSPS) is 23.6. The van der Waals surface area contributed by atoms with Gasteiger partial charge in [0.2, 0.25) is 0 Å². The fraction of sp³-hybridized carbons (Fsp3) is 0.615. The fourth-order valence-corrected chi connectivity index (χ4v) is 2.51. The summed E-state index contributed by atoms with van der Waals surface area (Å²) in [6, 6.07) is 1.36. The number of rotatable bonds is 2. The molecule has 1 aromatic heterocycles. The number of halogens is 3. The molecule has 1 heterocycles. The van der Waals surface area contributed by atoms with Crippen molar-refractivity contribution < 1.29 is 13.2 Å². The smallest absolute Gasteiger partial charge is 0.382 e. The monoisotopic (exact) mass is 289 g/mol. The molecular formula is C13H18F3N3O. The second-order valence-corrected chi connectivity index (χ2v) is 5.27. The number of aromatic nitrogens is 1. The predicted molar refractivity (Wildman–Crippen MR) is 70.5 cm³/mol. The first-order chi connectivity index (χ1) is 9.29. The zero-order chi connectivity index (χ0) is 14.9. The van der Waals surface area contributed by atoms with Gasteiger partial charge in [0.05, 0.1) is 5.69 Å². The molecule has 0 spiro atoms. The number of aryl methyl sites for hydroxylation is 1.